The minimum atomic E-state index is 0.343. The molecule has 1 unspecified atom stereocenters. The molecule has 0 aliphatic heterocycles. The minimum absolute atomic E-state index is 0.343. The number of benzene rings is 2. The second kappa shape index (κ2) is 6.06. The smallest absolute Gasteiger partial charge is 0.0702 e. The van der Waals surface area contributed by atoms with Gasteiger partial charge in [0.1, 0.15) is 0 Å². The van der Waals surface area contributed by atoms with Crippen molar-refractivity contribution in [2.45, 2.75) is 26.4 Å². The summed E-state index contributed by atoms with van der Waals surface area (Å²) in [5, 5.41) is 4.80. The molecule has 3 rings (SSSR count). The van der Waals surface area contributed by atoms with Crippen molar-refractivity contribution < 1.29 is 0 Å². The first-order valence-electron chi connectivity index (χ1n) is 7.36. The largest absolute Gasteiger partial charge is 0.306 e. The van der Waals surface area contributed by atoms with Gasteiger partial charge >= 0.3 is 0 Å². The van der Waals surface area contributed by atoms with Crippen molar-refractivity contribution >= 4 is 10.9 Å². The van der Waals surface area contributed by atoms with Crippen LogP contribution in [0.25, 0.3) is 10.9 Å². The van der Waals surface area contributed by atoms with Gasteiger partial charge in [-0.3, -0.25) is 4.98 Å². The van der Waals surface area contributed by atoms with Gasteiger partial charge in [-0.25, -0.2) is 0 Å². The first-order chi connectivity index (χ1) is 10.2. The first-order valence-corrected chi connectivity index (χ1v) is 7.36. The Morgan fingerprint density at radius 2 is 1.90 bits per heavy atom. The highest BCUT2D eigenvalue weighted by molar-refractivity contribution is 5.78. The molecule has 1 aromatic heterocycles. The molecule has 2 nitrogen and oxygen atoms in total. The van der Waals surface area contributed by atoms with Crippen molar-refractivity contribution in [1.82, 2.24) is 10.3 Å². The third-order valence-electron chi connectivity index (χ3n) is 3.93. The van der Waals surface area contributed by atoms with Gasteiger partial charge in [0.05, 0.1) is 5.52 Å². The second-order valence-electron chi connectivity index (χ2n) is 5.49. The molecule has 0 fully saturated rings. The van der Waals surface area contributed by atoms with Gasteiger partial charge in [-0.15, -0.1) is 0 Å². The highest BCUT2D eigenvalue weighted by Gasteiger charge is 2.07. The van der Waals surface area contributed by atoms with E-state index in [4.69, 9.17) is 0 Å². The normalized spacial score (nSPS) is 12.5. The molecule has 2 aromatic carbocycles. The number of nitrogens with zero attached hydrogens (tertiary/aromatic N) is 1. The maximum atomic E-state index is 4.36. The maximum absolute atomic E-state index is 4.36. The number of fused-ring (bicyclic) bond motifs is 1. The van der Waals surface area contributed by atoms with E-state index in [0.29, 0.717) is 6.04 Å². The summed E-state index contributed by atoms with van der Waals surface area (Å²) in [7, 11) is 0. The van der Waals surface area contributed by atoms with E-state index in [1.807, 2.05) is 12.3 Å². The van der Waals surface area contributed by atoms with Crippen LogP contribution in [-0.4, -0.2) is 4.98 Å². The van der Waals surface area contributed by atoms with Crippen LogP contribution in [0.15, 0.2) is 60.8 Å². The van der Waals surface area contributed by atoms with Crippen LogP contribution < -0.4 is 5.32 Å². The monoisotopic (exact) mass is 276 g/mol. The van der Waals surface area contributed by atoms with E-state index in [2.05, 4.69) is 72.7 Å². The molecule has 1 N–H and O–H groups in total. The van der Waals surface area contributed by atoms with Gasteiger partial charge in [-0.2, -0.15) is 0 Å². The molecule has 1 atom stereocenters. The highest BCUT2D eigenvalue weighted by atomic mass is 14.9. The summed E-state index contributed by atoms with van der Waals surface area (Å²) in [6.07, 6.45) is 1.83. The SMILES string of the molecule is Cc1ccccc1C(C)NCc1ccc2ncccc2c1. The molecule has 0 spiro atoms. The van der Waals surface area contributed by atoms with Crippen LogP contribution in [0, 0.1) is 6.92 Å². The number of aromatic nitrogens is 1. The zero-order valence-electron chi connectivity index (χ0n) is 12.5. The van der Waals surface area contributed by atoms with Gasteiger partial charge in [-0.05, 0) is 48.7 Å². The van der Waals surface area contributed by atoms with Crippen LogP contribution in [0.1, 0.15) is 29.7 Å². The number of pyridine rings is 1. The first kappa shape index (κ1) is 13.8. The van der Waals surface area contributed by atoms with Crippen LogP contribution >= 0.6 is 0 Å². The third kappa shape index (κ3) is 3.11. The standard InChI is InChI=1S/C19H20N2/c1-14-6-3-4-8-18(14)15(2)21-13-16-9-10-19-17(12-16)7-5-11-20-19/h3-12,15,21H,13H2,1-2H3. The van der Waals surface area contributed by atoms with E-state index in [-0.39, 0.29) is 0 Å². The Morgan fingerprint density at radius 1 is 1.05 bits per heavy atom. The number of nitrogens with one attached hydrogen (secondary N) is 1. The minimum Gasteiger partial charge on any atom is -0.306 e. The van der Waals surface area contributed by atoms with E-state index < -0.39 is 0 Å². The Kier molecular flexibility index (Phi) is 3.98. The van der Waals surface area contributed by atoms with Gasteiger partial charge in [0.15, 0.2) is 0 Å². The van der Waals surface area contributed by atoms with E-state index in [1.165, 1.54) is 22.1 Å². The lowest BCUT2D eigenvalue weighted by Gasteiger charge is -2.16. The van der Waals surface area contributed by atoms with Crippen LogP contribution in [-0.2, 0) is 6.54 Å². The zero-order valence-corrected chi connectivity index (χ0v) is 12.5. The summed E-state index contributed by atoms with van der Waals surface area (Å²) in [6, 6.07) is 19.4. The fraction of sp³-hybridized carbons (Fsp3) is 0.211. The Morgan fingerprint density at radius 3 is 2.76 bits per heavy atom. The van der Waals surface area contributed by atoms with Crippen molar-refractivity contribution in [3.8, 4) is 0 Å². The highest BCUT2D eigenvalue weighted by Crippen LogP contribution is 2.18. The van der Waals surface area contributed by atoms with Gasteiger partial charge < -0.3 is 5.32 Å². The fourth-order valence-corrected chi connectivity index (χ4v) is 2.69. The van der Waals surface area contributed by atoms with E-state index in [9.17, 15) is 0 Å². The van der Waals surface area contributed by atoms with Crippen molar-refractivity contribution in [3.63, 3.8) is 0 Å². The van der Waals surface area contributed by atoms with Crippen molar-refractivity contribution in [1.29, 1.82) is 0 Å². The summed E-state index contributed by atoms with van der Waals surface area (Å²) in [5.74, 6) is 0. The van der Waals surface area contributed by atoms with Crippen molar-refractivity contribution in [2.75, 3.05) is 0 Å². The van der Waals surface area contributed by atoms with Crippen molar-refractivity contribution in [2.24, 2.45) is 0 Å². The van der Waals surface area contributed by atoms with Crippen LogP contribution in [0.5, 0.6) is 0 Å². The molecule has 0 radical (unpaired) electrons. The number of hydrogen-bond acceptors (Lipinski definition) is 2. The summed E-state index contributed by atoms with van der Waals surface area (Å²) in [4.78, 5) is 4.36. The quantitative estimate of drug-likeness (QED) is 0.764. The summed E-state index contributed by atoms with van der Waals surface area (Å²) in [5.41, 5.74) is 5.03. The molecule has 0 aliphatic rings. The molecule has 0 aliphatic carbocycles. The Hall–Kier alpha value is -2.19. The van der Waals surface area contributed by atoms with Crippen LogP contribution in [0.4, 0.5) is 0 Å². The lowest BCUT2D eigenvalue weighted by molar-refractivity contribution is 0.572. The topological polar surface area (TPSA) is 24.9 Å². The van der Waals surface area contributed by atoms with E-state index >= 15 is 0 Å². The molecular weight excluding hydrogens is 256 g/mol. The van der Waals surface area contributed by atoms with Gasteiger partial charge in [0.2, 0.25) is 0 Å². The maximum Gasteiger partial charge on any atom is 0.0702 e. The molecule has 0 amide bonds. The molecular formula is C19H20N2. The molecule has 1 heterocycles. The third-order valence-corrected chi connectivity index (χ3v) is 3.93. The average molecular weight is 276 g/mol. The number of aryl methyl sites for hydroxylation is 1. The Labute approximate surface area is 125 Å². The Balaban J connectivity index is 1.73. The molecule has 0 bridgehead atoms. The second-order valence-corrected chi connectivity index (χ2v) is 5.49. The summed E-state index contributed by atoms with van der Waals surface area (Å²) in [6.45, 7) is 5.24. The van der Waals surface area contributed by atoms with Crippen LogP contribution in [0.2, 0.25) is 0 Å². The molecule has 106 valence electrons. The molecule has 3 aromatic rings. The Bertz CT molecular complexity index is 749. The van der Waals surface area contributed by atoms with Gasteiger partial charge in [-0.1, -0.05) is 36.4 Å². The number of rotatable bonds is 4. The van der Waals surface area contributed by atoms with E-state index in [0.717, 1.165) is 12.1 Å². The van der Waals surface area contributed by atoms with E-state index in [1.54, 1.807) is 0 Å². The predicted octanol–water partition coefficient (Wildman–Crippen LogP) is 4.39. The lowest BCUT2D eigenvalue weighted by Crippen LogP contribution is -2.18. The van der Waals surface area contributed by atoms with Gasteiger partial charge in [0, 0.05) is 24.2 Å². The molecule has 21 heavy (non-hydrogen) atoms. The predicted molar refractivity (Wildman–Crippen MR) is 88.2 cm³/mol. The molecule has 0 saturated carbocycles. The summed E-state index contributed by atoms with van der Waals surface area (Å²) < 4.78 is 0. The molecule has 2 heteroatoms. The zero-order chi connectivity index (χ0) is 14.7. The lowest BCUT2D eigenvalue weighted by atomic mass is 10.0. The van der Waals surface area contributed by atoms with Gasteiger partial charge in [0.25, 0.3) is 0 Å². The van der Waals surface area contributed by atoms with Crippen LogP contribution in [0.3, 0.4) is 0 Å². The number of hydrogen-bond donors (Lipinski definition) is 1. The van der Waals surface area contributed by atoms with Crippen molar-refractivity contribution in [3.05, 3.63) is 77.5 Å². The fourth-order valence-electron chi connectivity index (χ4n) is 2.69. The molecule has 0 saturated heterocycles. The summed E-state index contributed by atoms with van der Waals surface area (Å²) >= 11 is 0. The average Bonchev–Trinajstić information content (AvgIpc) is 2.53.